The molecule has 0 atom stereocenters. The van der Waals surface area contributed by atoms with E-state index in [0.717, 1.165) is 55.0 Å². The van der Waals surface area contributed by atoms with Gasteiger partial charge in [0.1, 0.15) is 0 Å². The number of benzene rings is 6. The molecule has 0 unspecified atom stereocenters. The lowest BCUT2D eigenvalue weighted by Crippen LogP contribution is -1.90. The van der Waals surface area contributed by atoms with Gasteiger partial charge >= 0.3 is 0 Å². The van der Waals surface area contributed by atoms with Crippen LogP contribution in [0.1, 0.15) is 0 Å². The van der Waals surface area contributed by atoms with Crippen LogP contribution in [0.5, 0.6) is 0 Å². The van der Waals surface area contributed by atoms with Crippen LogP contribution < -0.4 is 0 Å². The predicted molar refractivity (Wildman–Crippen MR) is 202 cm³/mol. The van der Waals surface area contributed by atoms with E-state index < -0.39 is 0 Å². The molecule has 0 amide bonds. The van der Waals surface area contributed by atoms with Crippen molar-refractivity contribution in [3.63, 3.8) is 0 Å². The molecule has 6 heteroatoms. The van der Waals surface area contributed by atoms with Crippen molar-refractivity contribution < 1.29 is 0 Å². The Balaban J connectivity index is 1.07. The summed E-state index contributed by atoms with van der Waals surface area (Å²) >= 11 is 3.47. The highest BCUT2D eigenvalue weighted by atomic mass is 32.1. The van der Waals surface area contributed by atoms with Crippen LogP contribution in [0, 0.1) is 0 Å². The molecule has 0 aliphatic heterocycles. The van der Waals surface area contributed by atoms with Crippen molar-refractivity contribution in [1.29, 1.82) is 0 Å². The molecule has 0 saturated heterocycles. The average molecular weight is 651 g/mol. The summed E-state index contributed by atoms with van der Waals surface area (Å²) in [5, 5.41) is 0. The summed E-state index contributed by atoms with van der Waals surface area (Å²) in [6, 6.07) is 56.0. The molecule has 10 rings (SSSR count). The summed E-state index contributed by atoms with van der Waals surface area (Å²) in [5.74, 6) is 0. The van der Waals surface area contributed by atoms with Crippen molar-refractivity contribution in [1.82, 2.24) is 18.8 Å². The zero-order chi connectivity index (χ0) is 31.6. The van der Waals surface area contributed by atoms with E-state index in [4.69, 9.17) is 9.97 Å². The van der Waals surface area contributed by atoms with Crippen LogP contribution in [0.15, 0.2) is 158 Å². The standard InChI is InChI=1S/C42H26N4S2/c1-3-11-29(12-4-1)37-39(45-33-15-7-9-17-35(33)47-41(45)43-37)31-23-19-27(20-24-31)28-21-25-32(26-22-28)40-38(30-13-5-2-6-14-30)44-42-46(40)34-16-8-10-18-36(34)48-42/h1-26H. The highest BCUT2D eigenvalue weighted by Gasteiger charge is 2.21. The van der Waals surface area contributed by atoms with Crippen LogP contribution >= 0.6 is 22.7 Å². The lowest BCUT2D eigenvalue weighted by molar-refractivity contribution is 1.29. The number of aromatic nitrogens is 4. The van der Waals surface area contributed by atoms with Gasteiger partial charge in [-0.3, -0.25) is 8.80 Å². The maximum Gasteiger partial charge on any atom is 0.195 e. The molecule has 4 aromatic heterocycles. The van der Waals surface area contributed by atoms with Gasteiger partial charge in [-0.2, -0.15) is 0 Å². The minimum atomic E-state index is 1.01. The fourth-order valence-electron chi connectivity index (χ4n) is 6.80. The lowest BCUT2D eigenvalue weighted by atomic mass is 9.98. The molecule has 0 N–H and O–H groups in total. The Morgan fingerprint density at radius 3 is 1.10 bits per heavy atom. The maximum absolute atomic E-state index is 5.15. The largest absolute Gasteiger partial charge is 0.282 e. The smallest absolute Gasteiger partial charge is 0.195 e. The van der Waals surface area contributed by atoms with Crippen LogP contribution in [0.4, 0.5) is 0 Å². The lowest BCUT2D eigenvalue weighted by Gasteiger charge is -2.10. The number of imidazole rings is 2. The molecule has 0 aliphatic rings. The van der Waals surface area contributed by atoms with Crippen LogP contribution in [0.25, 0.3) is 86.5 Å². The van der Waals surface area contributed by atoms with Gasteiger partial charge in [0.25, 0.3) is 0 Å². The van der Waals surface area contributed by atoms with Crippen LogP contribution in [0.2, 0.25) is 0 Å². The molecule has 4 heterocycles. The first-order valence-electron chi connectivity index (χ1n) is 15.9. The molecule has 0 radical (unpaired) electrons. The Kier molecular flexibility index (Phi) is 6.19. The van der Waals surface area contributed by atoms with Gasteiger partial charge in [-0.15, -0.1) is 0 Å². The summed E-state index contributed by atoms with van der Waals surface area (Å²) in [6.07, 6.45) is 0. The summed E-state index contributed by atoms with van der Waals surface area (Å²) in [6.45, 7) is 0. The van der Waals surface area contributed by atoms with E-state index in [1.54, 1.807) is 22.7 Å². The molecule has 226 valence electrons. The van der Waals surface area contributed by atoms with E-state index in [0.29, 0.717) is 0 Å². The number of fused-ring (bicyclic) bond motifs is 6. The molecule has 48 heavy (non-hydrogen) atoms. The Morgan fingerprint density at radius 1 is 0.333 bits per heavy atom. The van der Waals surface area contributed by atoms with E-state index >= 15 is 0 Å². The average Bonchev–Trinajstić information content (AvgIpc) is 3.90. The molecule has 0 bridgehead atoms. The Morgan fingerprint density at radius 2 is 0.688 bits per heavy atom. The highest BCUT2D eigenvalue weighted by molar-refractivity contribution is 7.24. The third kappa shape index (κ3) is 4.27. The summed E-state index contributed by atoms with van der Waals surface area (Å²) in [5.41, 5.74) is 13.5. The van der Waals surface area contributed by atoms with Crippen LogP contribution in [-0.2, 0) is 0 Å². The minimum Gasteiger partial charge on any atom is -0.282 e. The summed E-state index contributed by atoms with van der Waals surface area (Å²) in [4.78, 5) is 12.3. The van der Waals surface area contributed by atoms with Crippen molar-refractivity contribution in [2.45, 2.75) is 0 Å². The molecule has 4 nitrogen and oxygen atoms in total. The Hall–Kier alpha value is -5.82. The van der Waals surface area contributed by atoms with E-state index in [1.807, 2.05) is 0 Å². The van der Waals surface area contributed by atoms with Crippen molar-refractivity contribution in [2.75, 3.05) is 0 Å². The fraction of sp³-hybridized carbons (Fsp3) is 0. The number of para-hydroxylation sites is 2. The maximum atomic E-state index is 5.15. The van der Waals surface area contributed by atoms with Gasteiger partial charge in [0, 0.05) is 22.3 Å². The zero-order valence-corrected chi connectivity index (χ0v) is 27.2. The third-order valence-corrected chi connectivity index (χ3v) is 11.1. The van der Waals surface area contributed by atoms with E-state index in [-0.39, 0.29) is 0 Å². The van der Waals surface area contributed by atoms with Crippen LogP contribution in [-0.4, -0.2) is 18.8 Å². The molecular formula is C42H26N4S2. The quantitative estimate of drug-likeness (QED) is 0.186. The van der Waals surface area contributed by atoms with Crippen molar-refractivity contribution in [3.05, 3.63) is 158 Å². The second kappa shape index (κ2) is 10.9. The van der Waals surface area contributed by atoms with Crippen molar-refractivity contribution in [3.8, 4) is 56.2 Å². The second-order valence-electron chi connectivity index (χ2n) is 11.9. The Bertz CT molecular complexity index is 2560. The van der Waals surface area contributed by atoms with Gasteiger partial charge < -0.3 is 0 Å². The summed E-state index contributed by atoms with van der Waals surface area (Å²) < 4.78 is 7.10. The molecule has 6 aromatic carbocycles. The third-order valence-electron chi connectivity index (χ3n) is 9.05. The molecule has 0 saturated carbocycles. The zero-order valence-electron chi connectivity index (χ0n) is 25.6. The number of hydrogen-bond donors (Lipinski definition) is 0. The van der Waals surface area contributed by atoms with Gasteiger partial charge in [0.2, 0.25) is 0 Å². The number of rotatable bonds is 5. The monoisotopic (exact) mass is 650 g/mol. The van der Waals surface area contributed by atoms with Gasteiger partial charge in [-0.25, -0.2) is 9.97 Å². The summed E-state index contributed by atoms with van der Waals surface area (Å²) in [7, 11) is 0. The number of nitrogens with zero attached hydrogens (tertiary/aromatic N) is 4. The topological polar surface area (TPSA) is 34.6 Å². The SMILES string of the molecule is c1ccc(-c2nc3sc4ccccc4n3c2-c2ccc(-c3ccc(-c4c(-c5ccccc5)nc5sc6ccccc6n45)cc3)cc2)cc1. The predicted octanol–water partition coefficient (Wildman–Crippen LogP) is 11.7. The molecule has 0 spiro atoms. The first kappa shape index (κ1) is 27.3. The first-order chi connectivity index (χ1) is 23.8. The number of thiazole rings is 2. The Labute approximate surface area is 284 Å². The van der Waals surface area contributed by atoms with Crippen molar-refractivity contribution in [2.24, 2.45) is 0 Å². The van der Waals surface area contributed by atoms with Gasteiger partial charge in [0.15, 0.2) is 9.92 Å². The van der Waals surface area contributed by atoms with Crippen molar-refractivity contribution >= 4 is 53.0 Å². The van der Waals surface area contributed by atoms with E-state index in [1.165, 1.54) is 31.6 Å². The van der Waals surface area contributed by atoms with Gasteiger partial charge in [-0.05, 0) is 35.4 Å². The minimum absolute atomic E-state index is 1.01. The highest BCUT2D eigenvalue weighted by Crippen LogP contribution is 2.41. The molecule has 0 aliphatic carbocycles. The van der Waals surface area contributed by atoms with E-state index in [2.05, 4.69) is 167 Å². The van der Waals surface area contributed by atoms with Crippen LogP contribution in [0.3, 0.4) is 0 Å². The fourth-order valence-corrected chi connectivity index (χ4v) is 8.85. The normalized spacial score (nSPS) is 11.8. The number of hydrogen-bond acceptors (Lipinski definition) is 4. The van der Waals surface area contributed by atoms with Gasteiger partial charge in [-0.1, -0.05) is 156 Å². The molecule has 0 fully saturated rings. The van der Waals surface area contributed by atoms with E-state index in [9.17, 15) is 0 Å². The van der Waals surface area contributed by atoms with Gasteiger partial charge in [0.05, 0.1) is 43.2 Å². The molecule has 10 aromatic rings. The first-order valence-corrected chi connectivity index (χ1v) is 17.6. The molecular weight excluding hydrogens is 625 g/mol. The second-order valence-corrected chi connectivity index (χ2v) is 13.9.